The standard InChI is InChI=1S/C12H17N3O3/c1-17-10-4-8(6-15-11(10)12(13)16)5-14-9-2-3-18-7-9/h4,6,9,14H,2-3,5,7H2,1H3,(H2,13,16)/t9-/m1/s1. The fourth-order valence-electron chi connectivity index (χ4n) is 1.88. The molecule has 1 saturated heterocycles. The molecule has 1 aromatic rings. The molecule has 0 aromatic carbocycles. The number of rotatable bonds is 5. The highest BCUT2D eigenvalue weighted by Gasteiger charge is 2.15. The molecule has 6 heteroatoms. The monoisotopic (exact) mass is 251 g/mol. The van der Waals surface area contributed by atoms with Crippen molar-refractivity contribution in [2.24, 2.45) is 5.73 Å². The van der Waals surface area contributed by atoms with Crippen LogP contribution in [0, 0.1) is 0 Å². The van der Waals surface area contributed by atoms with E-state index in [-0.39, 0.29) is 5.69 Å². The Labute approximate surface area is 105 Å². The summed E-state index contributed by atoms with van der Waals surface area (Å²) in [5, 5.41) is 3.36. The Morgan fingerprint density at radius 1 is 1.72 bits per heavy atom. The Hall–Kier alpha value is -1.66. The van der Waals surface area contributed by atoms with Crippen molar-refractivity contribution in [3.05, 3.63) is 23.5 Å². The van der Waals surface area contributed by atoms with E-state index in [2.05, 4.69) is 10.3 Å². The zero-order valence-electron chi connectivity index (χ0n) is 10.3. The van der Waals surface area contributed by atoms with Crippen molar-refractivity contribution in [1.82, 2.24) is 10.3 Å². The van der Waals surface area contributed by atoms with Crippen LogP contribution >= 0.6 is 0 Å². The molecule has 2 heterocycles. The van der Waals surface area contributed by atoms with Crippen LogP contribution in [0.5, 0.6) is 5.75 Å². The first-order valence-corrected chi connectivity index (χ1v) is 5.84. The van der Waals surface area contributed by atoms with E-state index in [1.165, 1.54) is 7.11 Å². The van der Waals surface area contributed by atoms with Crippen molar-refractivity contribution in [2.45, 2.75) is 19.0 Å². The molecule has 0 bridgehead atoms. The largest absolute Gasteiger partial charge is 0.494 e. The highest BCUT2D eigenvalue weighted by atomic mass is 16.5. The summed E-state index contributed by atoms with van der Waals surface area (Å²) in [6, 6.07) is 2.16. The molecular weight excluding hydrogens is 234 g/mol. The molecular formula is C12H17N3O3. The van der Waals surface area contributed by atoms with E-state index in [0.29, 0.717) is 18.3 Å². The highest BCUT2D eigenvalue weighted by Crippen LogP contribution is 2.17. The van der Waals surface area contributed by atoms with E-state index in [4.69, 9.17) is 15.2 Å². The van der Waals surface area contributed by atoms with Crippen LogP contribution in [0.4, 0.5) is 0 Å². The molecule has 6 nitrogen and oxygen atoms in total. The topological polar surface area (TPSA) is 86.5 Å². The Bertz CT molecular complexity index is 431. The lowest BCUT2D eigenvalue weighted by Crippen LogP contribution is -2.28. The number of aromatic nitrogens is 1. The van der Waals surface area contributed by atoms with Crippen molar-refractivity contribution in [3.63, 3.8) is 0 Å². The normalized spacial score (nSPS) is 18.8. The number of ether oxygens (including phenoxy) is 2. The summed E-state index contributed by atoms with van der Waals surface area (Å²) in [7, 11) is 1.49. The highest BCUT2D eigenvalue weighted by molar-refractivity contribution is 5.93. The van der Waals surface area contributed by atoms with Gasteiger partial charge >= 0.3 is 0 Å². The summed E-state index contributed by atoms with van der Waals surface area (Å²) in [4.78, 5) is 15.1. The van der Waals surface area contributed by atoms with Crippen LogP contribution in [-0.4, -0.2) is 37.3 Å². The van der Waals surface area contributed by atoms with Crippen LogP contribution in [-0.2, 0) is 11.3 Å². The van der Waals surface area contributed by atoms with Crippen molar-refractivity contribution < 1.29 is 14.3 Å². The summed E-state index contributed by atoms with van der Waals surface area (Å²) >= 11 is 0. The number of primary amides is 1. The Morgan fingerprint density at radius 3 is 3.17 bits per heavy atom. The number of carbonyl (C=O) groups excluding carboxylic acids is 1. The molecule has 0 aliphatic carbocycles. The van der Waals surface area contributed by atoms with Gasteiger partial charge in [-0.05, 0) is 18.1 Å². The fourth-order valence-corrected chi connectivity index (χ4v) is 1.88. The predicted molar refractivity (Wildman–Crippen MR) is 65.4 cm³/mol. The number of nitrogens with zero attached hydrogens (tertiary/aromatic N) is 1. The third-order valence-electron chi connectivity index (χ3n) is 2.89. The van der Waals surface area contributed by atoms with E-state index in [1.54, 1.807) is 12.3 Å². The second kappa shape index (κ2) is 5.79. The third kappa shape index (κ3) is 2.96. The van der Waals surface area contributed by atoms with Gasteiger partial charge in [-0.2, -0.15) is 0 Å². The summed E-state index contributed by atoms with van der Waals surface area (Å²) in [6.45, 7) is 2.21. The summed E-state index contributed by atoms with van der Waals surface area (Å²) in [5.74, 6) is -0.181. The van der Waals surface area contributed by atoms with Gasteiger partial charge in [-0.25, -0.2) is 4.98 Å². The van der Waals surface area contributed by atoms with Gasteiger partial charge in [0.05, 0.1) is 13.7 Å². The molecule has 1 fully saturated rings. The molecule has 3 N–H and O–H groups in total. The second-order valence-electron chi connectivity index (χ2n) is 4.20. The van der Waals surface area contributed by atoms with Crippen LogP contribution in [0.15, 0.2) is 12.3 Å². The SMILES string of the molecule is COc1cc(CN[C@@H]2CCOC2)cnc1C(N)=O. The van der Waals surface area contributed by atoms with E-state index in [1.807, 2.05) is 0 Å². The van der Waals surface area contributed by atoms with Gasteiger partial charge < -0.3 is 20.5 Å². The van der Waals surface area contributed by atoms with Gasteiger partial charge in [0.15, 0.2) is 11.4 Å². The maximum Gasteiger partial charge on any atom is 0.271 e. The zero-order valence-corrected chi connectivity index (χ0v) is 10.3. The minimum atomic E-state index is -0.587. The average Bonchev–Trinajstić information content (AvgIpc) is 2.88. The molecule has 0 unspecified atom stereocenters. The minimum absolute atomic E-state index is 0.158. The number of hydrogen-bond acceptors (Lipinski definition) is 5. The van der Waals surface area contributed by atoms with E-state index < -0.39 is 5.91 Å². The number of methoxy groups -OCH3 is 1. The number of amides is 1. The Balaban J connectivity index is 2.02. The van der Waals surface area contributed by atoms with Crippen molar-refractivity contribution >= 4 is 5.91 Å². The van der Waals surface area contributed by atoms with Crippen LogP contribution in [0.25, 0.3) is 0 Å². The predicted octanol–water partition coefficient (Wildman–Crippen LogP) is 0.0676. The van der Waals surface area contributed by atoms with Crippen LogP contribution in [0.1, 0.15) is 22.5 Å². The lowest BCUT2D eigenvalue weighted by atomic mass is 10.2. The molecule has 2 rings (SSSR count). The molecule has 0 saturated carbocycles. The van der Waals surface area contributed by atoms with Gasteiger partial charge in [0.25, 0.3) is 5.91 Å². The number of nitrogens with one attached hydrogen (secondary N) is 1. The molecule has 1 atom stereocenters. The van der Waals surface area contributed by atoms with Crippen LogP contribution in [0.2, 0.25) is 0 Å². The first-order chi connectivity index (χ1) is 8.70. The van der Waals surface area contributed by atoms with Gasteiger partial charge in [-0.3, -0.25) is 4.79 Å². The summed E-state index contributed by atoms with van der Waals surface area (Å²) in [6.07, 6.45) is 2.65. The van der Waals surface area contributed by atoms with Gasteiger partial charge in [0.1, 0.15) is 0 Å². The number of pyridine rings is 1. The average molecular weight is 251 g/mol. The smallest absolute Gasteiger partial charge is 0.271 e. The molecule has 98 valence electrons. The quantitative estimate of drug-likeness (QED) is 0.773. The summed E-state index contributed by atoms with van der Waals surface area (Å²) in [5.41, 5.74) is 6.31. The molecule has 1 aliphatic rings. The fraction of sp³-hybridized carbons (Fsp3) is 0.500. The van der Waals surface area contributed by atoms with Gasteiger partial charge in [-0.15, -0.1) is 0 Å². The van der Waals surface area contributed by atoms with Crippen LogP contribution in [0.3, 0.4) is 0 Å². The van der Waals surface area contributed by atoms with Crippen molar-refractivity contribution in [3.8, 4) is 5.75 Å². The molecule has 1 aliphatic heterocycles. The van der Waals surface area contributed by atoms with Gasteiger partial charge in [0.2, 0.25) is 0 Å². The Morgan fingerprint density at radius 2 is 2.56 bits per heavy atom. The number of nitrogens with two attached hydrogens (primary N) is 1. The van der Waals surface area contributed by atoms with E-state index in [0.717, 1.165) is 25.2 Å². The third-order valence-corrected chi connectivity index (χ3v) is 2.89. The van der Waals surface area contributed by atoms with Crippen molar-refractivity contribution in [1.29, 1.82) is 0 Å². The summed E-state index contributed by atoms with van der Waals surface area (Å²) < 4.78 is 10.4. The number of carbonyl (C=O) groups is 1. The van der Waals surface area contributed by atoms with Gasteiger partial charge in [0, 0.05) is 25.4 Å². The van der Waals surface area contributed by atoms with Gasteiger partial charge in [-0.1, -0.05) is 0 Å². The number of hydrogen-bond donors (Lipinski definition) is 2. The molecule has 18 heavy (non-hydrogen) atoms. The minimum Gasteiger partial charge on any atom is -0.494 e. The van der Waals surface area contributed by atoms with E-state index in [9.17, 15) is 4.79 Å². The van der Waals surface area contributed by atoms with Crippen molar-refractivity contribution in [2.75, 3.05) is 20.3 Å². The second-order valence-corrected chi connectivity index (χ2v) is 4.20. The lowest BCUT2D eigenvalue weighted by molar-refractivity contribution is 0.0992. The Kier molecular flexibility index (Phi) is 4.11. The lowest BCUT2D eigenvalue weighted by Gasteiger charge is -2.11. The van der Waals surface area contributed by atoms with Crippen LogP contribution < -0.4 is 15.8 Å². The molecule has 0 spiro atoms. The molecule has 1 aromatic heterocycles. The zero-order chi connectivity index (χ0) is 13.0. The molecule has 1 amide bonds. The van der Waals surface area contributed by atoms with E-state index >= 15 is 0 Å². The maximum atomic E-state index is 11.1. The first-order valence-electron chi connectivity index (χ1n) is 5.84. The molecule has 0 radical (unpaired) electrons. The first kappa shape index (κ1) is 12.8. The maximum absolute atomic E-state index is 11.1.